The zero-order valence-corrected chi connectivity index (χ0v) is 19.2. The van der Waals surface area contributed by atoms with Crippen molar-refractivity contribution >= 4 is 5.82 Å². The monoisotopic (exact) mass is 480 g/mol. The van der Waals surface area contributed by atoms with Gasteiger partial charge >= 0.3 is 0 Å². The number of rotatable bonds is 6. The first kappa shape index (κ1) is 22.1. The van der Waals surface area contributed by atoms with Crippen LogP contribution in [-0.2, 0) is 0 Å². The Labute approximate surface area is 201 Å². The molecule has 35 heavy (non-hydrogen) atoms. The lowest BCUT2D eigenvalue weighted by Gasteiger charge is -2.40. The maximum absolute atomic E-state index is 15.3. The first-order valence-electron chi connectivity index (χ1n) is 11.9. The molecule has 2 saturated heterocycles. The summed E-state index contributed by atoms with van der Waals surface area (Å²) >= 11 is 0. The molecule has 2 N–H and O–H groups in total. The molecule has 8 nitrogen and oxygen atoms in total. The first-order chi connectivity index (χ1) is 17.0. The van der Waals surface area contributed by atoms with Crippen LogP contribution in [0, 0.1) is 5.82 Å². The summed E-state index contributed by atoms with van der Waals surface area (Å²) in [7, 11) is 1.35. The van der Waals surface area contributed by atoms with E-state index in [1.54, 1.807) is 18.3 Å². The van der Waals surface area contributed by atoms with Crippen LogP contribution in [0.15, 0.2) is 36.7 Å². The van der Waals surface area contributed by atoms with Gasteiger partial charge in [-0.05, 0) is 55.9 Å². The van der Waals surface area contributed by atoms with E-state index in [1.807, 2.05) is 0 Å². The number of aromatic hydroxyl groups is 1. The fourth-order valence-corrected chi connectivity index (χ4v) is 5.37. The average molecular weight is 481 g/mol. The van der Waals surface area contributed by atoms with Gasteiger partial charge in [0.15, 0.2) is 17.5 Å². The van der Waals surface area contributed by atoms with Gasteiger partial charge in [0, 0.05) is 29.9 Å². The molecule has 182 valence electrons. The molecule has 6 rings (SSSR count). The number of aromatic nitrogens is 4. The molecule has 3 aromatic rings. The Balaban J connectivity index is 1.25. The molecular formula is C25H26F2N6O2. The van der Waals surface area contributed by atoms with Gasteiger partial charge in [-0.1, -0.05) is 6.07 Å². The summed E-state index contributed by atoms with van der Waals surface area (Å²) in [6.07, 6.45) is 6.80. The number of nitrogens with one attached hydrogen (secondary N) is 1. The Hall–Kier alpha value is -3.40. The maximum atomic E-state index is 15.3. The smallest absolute Gasteiger partial charge is 0.250 e. The lowest BCUT2D eigenvalue weighted by atomic mass is 9.96. The van der Waals surface area contributed by atoms with Gasteiger partial charge in [0.1, 0.15) is 11.9 Å². The molecule has 2 bridgehead atoms. The van der Waals surface area contributed by atoms with Gasteiger partial charge in [0.25, 0.3) is 0 Å². The quantitative estimate of drug-likeness (QED) is 0.552. The van der Waals surface area contributed by atoms with Crippen molar-refractivity contribution in [3.63, 3.8) is 0 Å². The molecule has 4 atom stereocenters. The molecule has 0 spiro atoms. The van der Waals surface area contributed by atoms with E-state index in [0.29, 0.717) is 28.6 Å². The molecule has 1 aliphatic carbocycles. The van der Waals surface area contributed by atoms with Gasteiger partial charge in [-0.3, -0.25) is 0 Å². The zero-order chi connectivity index (χ0) is 24.1. The summed E-state index contributed by atoms with van der Waals surface area (Å²) in [4.78, 5) is 10.5. The zero-order valence-electron chi connectivity index (χ0n) is 19.2. The number of anilines is 1. The number of hydrogen-bond donors (Lipinski definition) is 2. The lowest BCUT2D eigenvalue weighted by Crippen LogP contribution is -2.57. The van der Waals surface area contributed by atoms with Crippen LogP contribution >= 0.6 is 0 Å². The highest BCUT2D eigenvalue weighted by atomic mass is 19.1. The van der Waals surface area contributed by atoms with Gasteiger partial charge in [-0.25, -0.2) is 18.7 Å². The van der Waals surface area contributed by atoms with Crippen molar-refractivity contribution in [2.45, 2.75) is 62.4 Å². The van der Waals surface area contributed by atoms with Gasteiger partial charge < -0.3 is 20.1 Å². The summed E-state index contributed by atoms with van der Waals surface area (Å²) in [6, 6.07) is 6.48. The maximum Gasteiger partial charge on any atom is 0.250 e. The molecule has 2 aromatic heterocycles. The van der Waals surface area contributed by atoms with Crippen LogP contribution in [-0.4, -0.2) is 62.7 Å². The highest BCUT2D eigenvalue weighted by molar-refractivity contribution is 5.72. The summed E-state index contributed by atoms with van der Waals surface area (Å²) in [6.45, 7) is 0. The molecule has 3 fully saturated rings. The largest absolute Gasteiger partial charge is 0.507 e. The number of alkyl halides is 1. The molecular weight excluding hydrogens is 454 g/mol. The van der Waals surface area contributed by atoms with Crippen molar-refractivity contribution in [2.75, 3.05) is 12.0 Å². The molecule has 2 aliphatic heterocycles. The SMILES string of the molecule is COc1ncc(-c2ccc(-c3ncc(N(C4CC4)[C@@H]4C[C@@H]5CC[C@H](N5)[C@@H]4F)nn3)c(O)c2)cc1F. The normalized spacial score (nSPS) is 25.5. The number of nitrogens with zero attached hydrogens (tertiary/aromatic N) is 5. The van der Waals surface area contributed by atoms with Crippen LogP contribution < -0.4 is 15.0 Å². The topological polar surface area (TPSA) is 96.3 Å². The third-order valence-corrected chi connectivity index (χ3v) is 7.24. The van der Waals surface area contributed by atoms with Crippen molar-refractivity contribution < 1.29 is 18.6 Å². The second-order valence-corrected chi connectivity index (χ2v) is 9.52. The Morgan fingerprint density at radius 1 is 1.06 bits per heavy atom. The lowest BCUT2D eigenvalue weighted by molar-refractivity contribution is 0.171. The van der Waals surface area contributed by atoms with E-state index in [4.69, 9.17) is 4.74 Å². The molecule has 3 aliphatic rings. The Morgan fingerprint density at radius 3 is 2.60 bits per heavy atom. The van der Waals surface area contributed by atoms with E-state index in [0.717, 1.165) is 32.1 Å². The number of ether oxygens (including phenoxy) is 1. The van der Waals surface area contributed by atoms with Crippen molar-refractivity contribution in [1.82, 2.24) is 25.5 Å². The fraction of sp³-hybridized carbons (Fsp3) is 0.440. The molecule has 1 aromatic carbocycles. The van der Waals surface area contributed by atoms with Crippen molar-refractivity contribution in [3.8, 4) is 34.1 Å². The third-order valence-electron chi connectivity index (χ3n) is 7.24. The van der Waals surface area contributed by atoms with Gasteiger partial charge in [0.2, 0.25) is 5.88 Å². The highest BCUT2D eigenvalue weighted by Crippen LogP contribution is 2.40. The van der Waals surface area contributed by atoms with Crippen molar-refractivity contribution in [1.29, 1.82) is 0 Å². The summed E-state index contributed by atoms with van der Waals surface area (Å²) in [5.74, 6) is 0.0849. The predicted octanol–water partition coefficient (Wildman–Crippen LogP) is 3.65. The molecule has 1 saturated carbocycles. The summed E-state index contributed by atoms with van der Waals surface area (Å²) in [5, 5.41) is 22.7. The van der Waals surface area contributed by atoms with E-state index < -0.39 is 12.0 Å². The Bertz CT molecular complexity index is 1240. The molecule has 10 heteroatoms. The minimum atomic E-state index is -0.954. The standard InChI is InChI=1S/C25H26F2N6O2/c1-35-25-18(26)8-14(11-29-25)13-2-6-17(21(34)9-13)24-28-12-22(31-32-24)33(16-4-5-16)20-10-15-3-7-19(30-15)23(20)27/h2,6,8-9,11-12,15-16,19-20,23,30,34H,3-5,7,10H2,1H3/t15-,19-,20+,23-/m0/s1. The highest BCUT2D eigenvalue weighted by Gasteiger charge is 2.48. The second kappa shape index (κ2) is 8.67. The van der Waals surface area contributed by atoms with E-state index >= 15 is 4.39 Å². The summed E-state index contributed by atoms with van der Waals surface area (Å²) in [5.41, 5.74) is 1.48. The molecule has 0 amide bonds. The number of phenols is 1. The number of methoxy groups -OCH3 is 1. The molecule has 0 unspecified atom stereocenters. The Kier molecular flexibility index (Phi) is 5.47. The number of phenolic OH excluding ortho intramolecular Hbond substituents is 1. The molecule has 4 heterocycles. The number of piperidine rings is 1. The minimum Gasteiger partial charge on any atom is -0.507 e. The first-order valence-corrected chi connectivity index (χ1v) is 11.9. The van der Waals surface area contributed by atoms with E-state index in [-0.39, 0.29) is 35.6 Å². The van der Waals surface area contributed by atoms with E-state index in [2.05, 4.69) is 30.4 Å². The van der Waals surface area contributed by atoms with Crippen LogP contribution in [0.1, 0.15) is 32.1 Å². The molecule has 0 radical (unpaired) electrons. The minimum absolute atomic E-state index is 0.0638. The average Bonchev–Trinajstić information content (AvgIpc) is 3.62. The summed E-state index contributed by atoms with van der Waals surface area (Å²) < 4.78 is 34.2. The van der Waals surface area contributed by atoms with E-state index in [9.17, 15) is 9.50 Å². The number of benzene rings is 1. The van der Waals surface area contributed by atoms with Gasteiger partial charge in [-0.2, -0.15) is 0 Å². The fourth-order valence-electron chi connectivity index (χ4n) is 5.37. The van der Waals surface area contributed by atoms with Crippen molar-refractivity contribution in [3.05, 3.63) is 42.5 Å². The number of hydrogen-bond acceptors (Lipinski definition) is 8. The van der Waals surface area contributed by atoms with Crippen LogP contribution in [0.5, 0.6) is 11.6 Å². The predicted molar refractivity (Wildman–Crippen MR) is 125 cm³/mol. The van der Waals surface area contributed by atoms with Gasteiger partial charge in [0.05, 0.1) is 24.9 Å². The number of fused-ring (bicyclic) bond motifs is 2. The van der Waals surface area contributed by atoms with Crippen molar-refractivity contribution in [2.24, 2.45) is 0 Å². The van der Waals surface area contributed by atoms with Crippen LogP contribution in [0.4, 0.5) is 14.6 Å². The van der Waals surface area contributed by atoms with Gasteiger partial charge in [-0.15, -0.1) is 10.2 Å². The second-order valence-electron chi connectivity index (χ2n) is 9.52. The number of halogens is 2. The van der Waals surface area contributed by atoms with Crippen LogP contribution in [0.25, 0.3) is 22.5 Å². The number of pyridine rings is 1. The van der Waals surface area contributed by atoms with Crippen LogP contribution in [0.3, 0.4) is 0 Å². The van der Waals surface area contributed by atoms with E-state index in [1.165, 1.54) is 25.4 Å². The van der Waals surface area contributed by atoms with Crippen LogP contribution in [0.2, 0.25) is 0 Å². The Morgan fingerprint density at radius 2 is 1.91 bits per heavy atom. The third kappa shape index (κ3) is 4.05.